The van der Waals surface area contributed by atoms with Crippen molar-refractivity contribution in [2.24, 2.45) is 5.10 Å². The van der Waals surface area contributed by atoms with Crippen LogP contribution in [0.25, 0.3) is 0 Å². The minimum atomic E-state index is -0.907. The van der Waals surface area contributed by atoms with Crippen LogP contribution in [0.15, 0.2) is 65.8 Å². The van der Waals surface area contributed by atoms with Crippen molar-refractivity contribution in [3.8, 4) is 5.75 Å². The lowest BCUT2D eigenvalue weighted by atomic mass is 10.1. The molecule has 0 atom stereocenters. The molecular weight excluding hydrogens is 444 g/mol. The number of hydrogen-bond acceptors (Lipinski definition) is 5. The third-order valence-electron chi connectivity index (χ3n) is 5.36. The second-order valence-corrected chi connectivity index (χ2v) is 8.09. The van der Waals surface area contributed by atoms with Gasteiger partial charge in [-0.05, 0) is 74.2 Å². The van der Waals surface area contributed by atoms with E-state index in [1.165, 1.54) is 6.21 Å². The van der Waals surface area contributed by atoms with Gasteiger partial charge in [0.25, 0.3) is 5.91 Å². The van der Waals surface area contributed by atoms with Gasteiger partial charge in [0, 0.05) is 16.9 Å². The number of nitrogens with zero attached hydrogens (tertiary/aromatic N) is 1. The maximum Gasteiger partial charge on any atom is 0.329 e. The largest absolute Gasteiger partial charge is 0.483 e. The van der Waals surface area contributed by atoms with Gasteiger partial charge in [-0.15, -0.1) is 0 Å². The van der Waals surface area contributed by atoms with E-state index in [1.807, 2.05) is 64.1 Å². The Morgan fingerprint density at radius 2 is 1.51 bits per heavy atom. The van der Waals surface area contributed by atoms with E-state index in [2.05, 4.69) is 21.2 Å². The molecule has 0 fully saturated rings. The van der Waals surface area contributed by atoms with E-state index < -0.39 is 11.8 Å². The summed E-state index contributed by atoms with van der Waals surface area (Å²) in [5.41, 5.74) is 7.94. The Labute approximate surface area is 204 Å². The van der Waals surface area contributed by atoms with Crippen molar-refractivity contribution in [3.05, 3.63) is 88.5 Å². The molecule has 0 aromatic heterocycles. The number of carbonyl (C=O) groups excluding carboxylic acids is 3. The molecule has 0 radical (unpaired) electrons. The summed E-state index contributed by atoms with van der Waals surface area (Å²) >= 11 is 0. The summed E-state index contributed by atoms with van der Waals surface area (Å²) in [7, 11) is 0. The Bertz CT molecular complexity index is 1260. The highest BCUT2D eigenvalue weighted by Gasteiger charge is 2.15. The van der Waals surface area contributed by atoms with Gasteiger partial charge in [-0.1, -0.05) is 36.4 Å². The van der Waals surface area contributed by atoms with Crippen molar-refractivity contribution in [2.45, 2.75) is 27.7 Å². The topological polar surface area (TPSA) is 109 Å². The van der Waals surface area contributed by atoms with Gasteiger partial charge >= 0.3 is 11.8 Å². The molecule has 3 aromatic rings. The molecule has 0 aliphatic heterocycles. The van der Waals surface area contributed by atoms with E-state index in [0.717, 1.165) is 22.3 Å². The van der Waals surface area contributed by atoms with Gasteiger partial charge in [0.1, 0.15) is 5.75 Å². The molecule has 0 saturated heterocycles. The van der Waals surface area contributed by atoms with E-state index in [1.54, 1.807) is 24.3 Å². The highest BCUT2D eigenvalue weighted by molar-refractivity contribution is 6.39. The van der Waals surface area contributed by atoms with Crippen LogP contribution < -0.4 is 20.8 Å². The highest BCUT2D eigenvalue weighted by atomic mass is 16.5. The Hall–Kier alpha value is -4.46. The summed E-state index contributed by atoms with van der Waals surface area (Å²) in [5, 5.41) is 9.26. The van der Waals surface area contributed by atoms with Crippen LogP contribution in [0.1, 0.15) is 27.8 Å². The molecule has 0 saturated carbocycles. The zero-order chi connectivity index (χ0) is 25.4. The third-order valence-corrected chi connectivity index (χ3v) is 5.36. The molecule has 3 aromatic carbocycles. The predicted molar refractivity (Wildman–Crippen MR) is 137 cm³/mol. The number of rotatable bonds is 7. The molecule has 0 heterocycles. The van der Waals surface area contributed by atoms with Crippen LogP contribution in [0.2, 0.25) is 0 Å². The van der Waals surface area contributed by atoms with Crippen molar-refractivity contribution >= 4 is 35.3 Å². The first kappa shape index (κ1) is 25.2. The fourth-order valence-corrected chi connectivity index (χ4v) is 3.27. The molecular formula is C27H28N4O4. The number of aryl methyl sites for hydroxylation is 4. The molecule has 0 spiro atoms. The Morgan fingerprint density at radius 3 is 2.23 bits per heavy atom. The Balaban J connectivity index is 1.56. The first-order valence-corrected chi connectivity index (χ1v) is 11.0. The summed E-state index contributed by atoms with van der Waals surface area (Å²) in [5.74, 6) is -1.64. The standard InChI is InChI=1S/C27H28N4O4/c1-17-12-13-22(14-20(17)4)29-24(32)16-35-23-11-6-5-10-21(23)15-28-31-27(34)26(33)30-25-18(2)8-7-9-19(25)3/h5-15H,16H2,1-4H3,(H,29,32)(H,30,33)(H,31,34)/b28-15-. The van der Waals surface area contributed by atoms with Gasteiger partial charge in [0.05, 0.1) is 6.21 Å². The minimum absolute atomic E-state index is 0.206. The summed E-state index contributed by atoms with van der Waals surface area (Å²) in [6.45, 7) is 7.46. The van der Waals surface area contributed by atoms with Crippen LogP contribution in [0, 0.1) is 27.7 Å². The Kier molecular flexibility index (Phi) is 8.34. The highest BCUT2D eigenvalue weighted by Crippen LogP contribution is 2.19. The van der Waals surface area contributed by atoms with Crippen LogP contribution >= 0.6 is 0 Å². The fraction of sp³-hybridized carbons (Fsp3) is 0.185. The van der Waals surface area contributed by atoms with Crippen molar-refractivity contribution in [1.29, 1.82) is 0 Å². The van der Waals surface area contributed by atoms with E-state index in [9.17, 15) is 14.4 Å². The molecule has 3 amide bonds. The van der Waals surface area contributed by atoms with E-state index in [0.29, 0.717) is 22.7 Å². The summed E-state index contributed by atoms with van der Waals surface area (Å²) in [4.78, 5) is 36.7. The molecule has 0 aliphatic rings. The number of nitrogens with one attached hydrogen (secondary N) is 3. The second-order valence-electron chi connectivity index (χ2n) is 8.09. The molecule has 3 rings (SSSR count). The first-order chi connectivity index (χ1) is 16.7. The van der Waals surface area contributed by atoms with Gasteiger partial charge in [0.15, 0.2) is 6.61 Å². The zero-order valence-corrected chi connectivity index (χ0v) is 20.1. The molecule has 0 bridgehead atoms. The van der Waals surface area contributed by atoms with Crippen LogP contribution in [-0.4, -0.2) is 30.5 Å². The fourth-order valence-electron chi connectivity index (χ4n) is 3.27. The van der Waals surface area contributed by atoms with Crippen LogP contribution in [0.3, 0.4) is 0 Å². The van der Waals surface area contributed by atoms with Crippen molar-refractivity contribution in [1.82, 2.24) is 5.43 Å². The second kappa shape index (κ2) is 11.6. The minimum Gasteiger partial charge on any atom is -0.483 e. The molecule has 180 valence electrons. The number of ether oxygens (including phenoxy) is 1. The van der Waals surface area contributed by atoms with Gasteiger partial charge in [-0.2, -0.15) is 5.10 Å². The van der Waals surface area contributed by atoms with Crippen LogP contribution in [0.5, 0.6) is 5.75 Å². The SMILES string of the molecule is Cc1ccc(NC(=O)COc2ccccc2/C=N\NC(=O)C(=O)Nc2c(C)cccc2C)cc1C. The van der Waals surface area contributed by atoms with E-state index in [4.69, 9.17) is 4.74 Å². The molecule has 8 heteroatoms. The number of anilines is 2. The van der Waals surface area contributed by atoms with Gasteiger partial charge in [-0.25, -0.2) is 5.43 Å². The van der Waals surface area contributed by atoms with E-state index in [-0.39, 0.29) is 12.5 Å². The number of hydrazone groups is 1. The quantitative estimate of drug-likeness (QED) is 0.274. The lowest BCUT2D eigenvalue weighted by molar-refractivity contribution is -0.136. The number of amides is 3. The van der Waals surface area contributed by atoms with Crippen LogP contribution in [0.4, 0.5) is 11.4 Å². The lowest BCUT2D eigenvalue weighted by Crippen LogP contribution is -2.32. The first-order valence-electron chi connectivity index (χ1n) is 11.0. The predicted octanol–water partition coefficient (Wildman–Crippen LogP) is 4.03. The molecule has 0 aliphatic carbocycles. The maximum atomic E-state index is 12.3. The van der Waals surface area contributed by atoms with Crippen molar-refractivity contribution in [3.63, 3.8) is 0 Å². The number of benzene rings is 3. The van der Waals surface area contributed by atoms with Crippen molar-refractivity contribution < 1.29 is 19.1 Å². The lowest BCUT2D eigenvalue weighted by Gasteiger charge is -2.11. The smallest absolute Gasteiger partial charge is 0.329 e. The van der Waals surface area contributed by atoms with E-state index >= 15 is 0 Å². The summed E-state index contributed by atoms with van der Waals surface area (Å²) in [6.07, 6.45) is 1.35. The maximum absolute atomic E-state index is 12.3. The van der Waals surface area contributed by atoms with Gasteiger partial charge < -0.3 is 15.4 Å². The van der Waals surface area contributed by atoms with Crippen LogP contribution in [-0.2, 0) is 14.4 Å². The molecule has 35 heavy (non-hydrogen) atoms. The summed E-state index contributed by atoms with van der Waals surface area (Å²) in [6, 6.07) is 18.1. The average molecular weight is 473 g/mol. The monoisotopic (exact) mass is 472 g/mol. The number of hydrogen-bond donors (Lipinski definition) is 3. The zero-order valence-electron chi connectivity index (χ0n) is 20.1. The van der Waals surface area contributed by atoms with Gasteiger partial charge in [0.2, 0.25) is 0 Å². The molecule has 3 N–H and O–H groups in total. The van der Waals surface area contributed by atoms with Crippen molar-refractivity contribution in [2.75, 3.05) is 17.2 Å². The number of carbonyl (C=O) groups is 3. The third kappa shape index (κ3) is 7.01. The summed E-state index contributed by atoms with van der Waals surface area (Å²) < 4.78 is 5.64. The average Bonchev–Trinajstić information content (AvgIpc) is 2.83. The Morgan fingerprint density at radius 1 is 0.800 bits per heavy atom. The van der Waals surface area contributed by atoms with Gasteiger partial charge in [-0.3, -0.25) is 14.4 Å². The molecule has 8 nitrogen and oxygen atoms in total. The molecule has 0 unspecified atom stereocenters. The number of para-hydroxylation sites is 2. The normalized spacial score (nSPS) is 10.6.